The number of morpholine rings is 1. The largest absolute Gasteiger partial charge is 0.370 e. The van der Waals surface area contributed by atoms with E-state index in [0.717, 1.165) is 50.4 Å². The van der Waals surface area contributed by atoms with E-state index in [1.807, 2.05) is 0 Å². The maximum atomic E-state index is 6.20. The number of ether oxygens (including phenoxy) is 3. The minimum absolute atomic E-state index is 0.0317. The number of unbranched alkanes of at least 4 members (excludes halogenated alkanes) is 1. The van der Waals surface area contributed by atoms with Crippen molar-refractivity contribution < 1.29 is 18.7 Å². The SMILES string of the molecule is CCCC[C@H](CC)[C@H]1OC[C@H](C[N+]2(C)CCOCC2)O1. The second-order valence-electron chi connectivity index (χ2n) is 6.63. The molecule has 118 valence electrons. The van der Waals surface area contributed by atoms with Gasteiger partial charge in [0.1, 0.15) is 25.7 Å². The molecular weight excluding hydrogens is 254 g/mol. The Morgan fingerprint density at radius 2 is 1.95 bits per heavy atom. The summed E-state index contributed by atoms with van der Waals surface area (Å²) >= 11 is 0. The third-order valence-electron chi connectivity index (χ3n) is 4.81. The van der Waals surface area contributed by atoms with Crippen LogP contribution in [0.5, 0.6) is 0 Å². The molecule has 0 unspecified atom stereocenters. The smallest absolute Gasteiger partial charge is 0.161 e. The predicted molar refractivity (Wildman–Crippen MR) is 79.5 cm³/mol. The fraction of sp³-hybridized carbons (Fsp3) is 1.00. The molecule has 2 aliphatic rings. The van der Waals surface area contributed by atoms with Crippen LogP contribution in [0.3, 0.4) is 0 Å². The highest BCUT2D eigenvalue weighted by molar-refractivity contribution is 4.72. The molecule has 20 heavy (non-hydrogen) atoms. The molecule has 0 bridgehead atoms. The number of quaternary nitrogens is 1. The van der Waals surface area contributed by atoms with Gasteiger partial charge in [-0.3, -0.25) is 0 Å². The Kier molecular flexibility index (Phi) is 6.27. The summed E-state index contributed by atoms with van der Waals surface area (Å²) in [7, 11) is 2.31. The second kappa shape index (κ2) is 7.74. The average molecular weight is 286 g/mol. The van der Waals surface area contributed by atoms with Crippen molar-refractivity contribution in [3.8, 4) is 0 Å². The van der Waals surface area contributed by atoms with Gasteiger partial charge in [-0.05, 0) is 12.8 Å². The average Bonchev–Trinajstić information content (AvgIpc) is 2.88. The van der Waals surface area contributed by atoms with Gasteiger partial charge in [0, 0.05) is 5.92 Å². The van der Waals surface area contributed by atoms with Crippen LogP contribution in [0, 0.1) is 5.92 Å². The van der Waals surface area contributed by atoms with E-state index < -0.39 is 0 Å². The molecule has 0 amide bonds. The first kappa shape index (κ1) is 16.2. The first-order chi connectivity index (χ1) is 9.67. The maximum absolute atomic E-state index is 6.20. The van der Waals surface area contributed by atoms with Crippen LogP contribution in [0.2, 0.25) is 0 Å². The van der Waals surface area contributed by atoms with E-state index >= 15 is 0 Å². The van der Waals surface area contributed by atoms with Crippen LogP contribution in [0.15, 0.2) is 0 Å². The molecule has 4 nitrogen and oxygen atoms in total. The van der Waals surface area contributed by atoms with Crippen molar-refractivity contribution in [2.75, 3.05) is 46.5 Å². The summed E-state index contributed by atoms with van der Waals surface area (Å²) in [6, 6.07) is 0. The lowest BCUT2D eigenvalue weighted by Gasteiger charge is -2.38. The summed E-state index contributed by atoms with van der Waals surface area (Å²) in [6.07, 6.45) is 5.20. The molecule has 2 heterocycles. The lowest BCUT2D eigenvalue weighted by molar-refractivity contribution is -0.919. The second-order valence-corrected chi connectivity index (χ2v) is 6.63. The Labute approximate surface area is 124 Å². The predicted octanol–water partition coefficient (Wildman–Crippen LogP) is 2.42. The lowest BCUT2D eigenvalue weighted by Crippen LogP contribution is -2.55. The van der Waals surface area contributed by atoms with E-state index in [1.165, 1.54) is 19.3 Å². The van der Waals surface area contributed by atoms with E-state index in [-0.39, 0.29) is 12.4 Å². The van der Waals surface area contributed by atoms with Crippen molar-refractivity contribution in [2.45, 2.75) is 51.9 Å². The highest BCUT2D eigenvalue weighted by Gasteiger charge is 2.37. The summed E-state index contributed by atoms with van der Waals surface area (Å²) in [5.74, 6) is 0.565. The fourth-order valence-electron chi connectivity index (χ4n) is 3.27. The fourth-order valence-corrected chi connectivity index (χ4v) is 3.27. The Hall–Kier alpha value is -0.160. The molecule has 0 aromatic rings. The van der Waals surface area contributed by atoms with Crippen LogP contribution in [-0.4, -0.2) is 63.4 Å². The highest BCUT2D eigenvalue weighted by Crippen LogP contribution is 2.27. The van der Waals surface area contributed by atoms with Crippen molar-refractivity contribution in [3.05, 3.63) is 0 Å². The van der Waals surface area contributed by atoms with Crippen LogP contribution in [-0.2, 0) is 14.2 Å². The normalized spacial score (nSPS) is 31.4. The van der Waals surface area contributed by atoms with Gasteiger partial charge < -0.3 is 18.7 Å². The van der Waals surface area contributed by atoms with Crippen LogP contribution >= 0.6 is 0 Å². The Morgan fingerprint density at radius 3 is 2.60 bits per heavy atom. The molecule has 2 fully saturated rings. The van der Waals surface area contributed by atoms with Crippen LogP contribution in [0.25, 0.3) is 0 Å². The number of likely N-dealkylation sites (N-methyl/N-ethyl adjacent to an activating group) is 1. The van der Waals surface area contributed by atoms with Gasteiger partial charge in [0.15, 0.2) is 6.29 Å². The minimum Gasteiger partial charge on any atom is -0.370 e. The van der Waals surface area contributed by atoms with E-state index in [1.54, 1.807) is 0 Å². The number of nitrogens with zero attached hydrogens (tertiary/aromatic N) is 1. The van der Waals surface area contributed by atoms with Gasteiger partial charge in [-0.15, -0.1) is 0 Å². The lowest BCUT2D eigenvalue weighted by atomic mass is 9.99. The third-order valence-corrected chi connectivity index (χ3v) is 4.81. The molecular formula is C16H32NO3+. The molecule has 0 aromatic carbocycles. The van der Waals surface area contributed by atoms with Crippen molar-refractivity contribution in [1.82, 2.24) is 0 Å². The van der Waals surface area contributed by atoms with Crippen molar-refractivity contribution in [3.63, 3.8) is 0 Å². The molecule has 0 saturated carbocycles. The van der Waals surface area contributed by atoms with Gasteiger partial charge in [-0.2, -0.15) is 0 Å². The van der Waals surface area contributed by atoms with Gasteiger partial charge in [0.25, 0.3) is 0 Å². The molecule has 2 saturated heterocycles. The van der Waals surface area contributed by atoms with Crippen molar-refractivity contribution in [1.29, 1.82) is 0 Å². The van der Waals surface area contributed by atoms with Gasteiger partial charge in [-0.1, -0.05) is 26.7 Å². The monoisotopic (exact) mass is 286 g/mol. The molecule has 4 heteroatoms. The molecule has 0 N–H and O–H groups in total. The maximum Gasteiger partial charge on any atom is 0.161 e. The van der Waals surface area contributed by atoms with E-state index in [4.69, 9.17) is 14.2 Å². The molecule has 0 radical (unpaired) electrons. The molecule has 0 spiro atoms. The first-order valence-electron chi connectivity index (χ1n) is 8.35. The molecule has 2 rings (SSSR count). The topological polar surface area (TPSA) is 27.7 Å². The summed E-state index contributed by atoms with van der Waals surface area (Å²) < 4.78 is 18.7. The van der Waals surface area contributed by atoms with Gasteiger partial charge in [0.05, 0.1) is 26.9 Å². The van der Waals surface area contributed by atoms with Crippen LogP contribution in [0.1, 0.15) is 39.5 Å². The Balaban J connectivity index is 1.79. The molecule has 0 aliphatic carbocycles. The van der Waals surface area contributed by atoms with Gasteiger partial charge >= 0.3 is 0 Å². The molecule has 3 atom stereocenters. The zero-order chi connectivity index (χ0) is 14.4. The minimum atomic E-state index is 0.0317. The van der Waals surface area contributed by atoms with Crippen LogP contribution < -0.4 is 0 Å². The standard InChI is InChI=1S/C16H32NO3/c1-4-6-7-14(5-2)16-19-13-15(20-16)12-17(3)8-10-18-11-9-17/h14-16H,4-13H2,1-3H3/q+1/t14-,15-,16-/m0/s1. The zero-order valence-corrected chi connectivity index (χ0v) is 13.5. The van der Waals surface area contributed by atoms with E-state index in [9.17, 15) is 0 Å². The van der Waals surface area contributed by atoms with Gasteiger partial charge in [-0.25, -0.2) is 0 Å². The van der Waals surface area contributed by atoms with E-state index in [2.05, 4.69) is 20.9 Å². The van der Waals surface area contributed by atoms with Crippen LogP contribution in [0.4, 0.5) is 0 Å². The summed E-state index contributed by atoms with van der Waals surface area (Å²) in [6.45, 7) is 10.3. The third kappa shape index (κ3) is 4.42. The zero-order valence-electron chi connectivity index (χ0n) is 13.5. The summed E-state index contributed by atoms with van der Waals surface area (Å²) in [5.41, 5.74) is 0. The summed E-state index contributed by atoms with van der Waals surface area (Å²) in [5, 5.41) is 0. The van der Waals surface area contributed by atoms with E-state index in [0.29, 0.717) is 5.92 Å². The number of hydrogen-bond donors (Lipinski definition) is 0. The summed E-state index contributed by atoms with van der Waals surface area (Å²) in [4.78, 5) is 0. The molecule has 0 aromatic heterocycles. The quantitative estimate of drug-likeness (QED) is 0.673. The number of hydrogen-bond acceptors (Lipinski definition) is 3. The highest BCUT2D eigenvalue weighted by atomic mass is 16.7. The van der Waals surface area contributed by atoms with Crippen molar-refractivity contribution >= 4 is 0 Å². The van der Waals surface area contributed by atoms with Crippen molar-refractivity contribution in [2.24, 2.45) is 5.92 Å². The molecule has 2 aliphatic heterocycles. The first-order valence-corrected chi connectivity index (χ1v) is 8.35. The Bertz CT molecular complexity index is 279. The number of rotatable bonds is 7. The van der Waals surface area contributed by atoms with Gasteiger partial charge in [0.2, 0.25) is 0 Å². The Morgan fingerprint density at radius 1 is 1.20 bits per heavy atom.